The lowest BCUT2D eigenvalue weighted by molar-refractivity contribution is 0.0895. The minimum absolute atomic E-state index is 0.109. The third-order valence-corrected chi connectivity index (χ3v) is 5.10. The van der Waals surface area contributed by atoms with E-state index in [2.05, 4.69) is 31.2 Å². The number of aromatic nitrogens is 2. The van der Waals surface area contributed by atoms with Gasteiger partial charge in [0, 0.05) is 13.1 Å². The van der Waals surface area contributed by atoms with E-state index in [0.29, 0.717) is 21.8 Å². The maximum absolute atomic E-state index is 12.4. The summed E-state index contributed by atoms with van der Waals surface area (Å²) in [5, 5.41) is 7.77. The van der Waals surface area contributed by atoms with Crippen LogP contribution in [-0.2, 0) is 7.05 Å². The Morgan fingerprint density at radius 2 is 1.86 bits per heavy atom. The second kappa shape index (κ2) is 5.99. The molecule has 0 atom stereocenters. The van der Waals surface area contributed by atoms with Crippen LogP contribution in [0.5, 0.6) is 0 Å². The number of amides is 1. The molecule has 118 valence electrons. The Bertz CT molecular complexity index is 522. The average molecular weight is 312 g/mol. The van der Waals surface area contributed by atoms with Gasteiger partial charge in [0.2, 0.25) is 0 Å². The fourth-order valence-corrected chi connectivity index (χ4v) is 3.48. The Balaban J connectivity index is 1.96. The van der Waals surface area contributed by atoms with E-state index < -0.39 is 0 Å². The van der Waals surface area contributed by atoms with E-state index in [4.69, 9.17) is 11.6 Å². The zero-order chi connectivity index (χ0) is 15.8. The number of hydrogen-bond donors (Lipinski definition) is 1. The van der Waals surface area contributed by atoms with Crippen molar-refractivity contribution < 1.29 is 4.79 Å². The van der Waals surface area contributed by atoms with Gasteiger partial charge in [-0.05, 0) is 43.9 Å². The van der Waals surface area contributed by atoms with Crippen LogP contribution in [0.15, 0.2) is 0 Å². The van der Waals surface area contributed by atoms with E-state index in [-0.39, 0.29) is 11.9 Å². The monoisotopic (exact) mass is 311 g/mol. The molecule has 0 bridgehead atoms. The van der Waals surface area contributed by atoms with Crippen LogP contribution in [0.1, 0.15) is 62.6 Å². The summed E-state index contributed by atoms with van der Waals surface area (Å²) in [7, 11) is 1.75. The minimum atomic E-state index is -0.109. The predicted octanol–water partition coefficient (Wildman–Crippen LogP) is 3.72. The Morgan fingerprint density at radius 3 is 2.29 bits per heavy atom. The molecule has 1 aromatic heterocycles. The lowest BCUT2D eigenvalue weighted by Gasteiger charge is -2.37. The first-order chi connectivity index (χ1) is 9.70. The van der Waals surface area contributed by atoms with Crippen LogP contribution >= 0.6 is 11.6 Å². The van der Waals surface area contributed by atoms with E-state index in [9.17, 15) is 4.79 Å². The molecule has 0 spiro atoms. The molecule has 0 aliphatic heterocycles. The van der Waals surface area contributed by atoms with Crippen molar-refractivity contribution in [2.24, 2.45) is 18.4 Å². The molecule has 1 aliphatic carbocycles. The number of nitrogens with one attached hydrogen (secondary N) is 1. The van der Waals surface area contributed by atoms with Gasteiger partial charge in [-0.3, -0.25) is 9.48 Å². The summed E-state index contributed by atoms with van der Waals surface area (Å²) in [5.41, 5.74) is 1.52. The van der Waals surface area contributed by atoms with E-state index in [1.54, 1.807) is 11.7 Å². The number of hydrogen-bond acceptors (Lipinski definition) is 2. The molecule has 1 saturated carbocycles. The first-order valence-corrected chi connectivity index (χ1v) is 8.08. The smallest absolute Gasteiger partial charge is 0.271 e. The third kappa shape index (κ3) is 3.60. The summed E-state index contributed by atoms with van der Waals surface area (Å²) >= 11 is 6.17. The number of aryl methyl sites for hydroxylation is 2. The van der Waals surface area contributed by atoms with Crippen molar-refractivity contribution >= 4 is 17.5 Å². The topological polar surface area (TPSA) is 46.9 Å². The molecular formula is C16H26ClN3O. The van der Waals surface area contributed by atoms with Gasteiger partial charge in [-0.2, -0.15) is 5.10 Å². The summed E-state index contributed by atoms with van der Waals surface area (Å²) < 4.78 is 1.56. The molecule has 1 N–H and O–H groups in total. The summed E-state index contributed by atoms with van der Waals surface area (Å²) in [4.78, 5) is 12.4. The molecule has 1 heterocycles. The van der Waals surface area contributed by atoms with Crippen molar-refractivity contribution in [3.05, 3.63) is 16.4 Å². The zero-order valence-electron chi connectivity index (χ0n) is 13.7. The van der Waals surface area contributed by atoms with Crippen molar-refractivity contribution in [1.29, 1.82) is 0 Å². The zero-order valence-corrected chi connectivity index (χ0v) is 14.4. The number of nitrogens with zero attached hydrogens (tertiary/aromatic N) is 2. The van der Waals surface area contributed by atoms with Crippen molar-refractivity contribution in [1.82, 2.24) is 15.1 Å². The van der Waals surface area contributed by atoms with Crippen molar-refractivity contribution in [3.8, 4) is 0 Å². The quantitative estimate of drug-likeness (QED) is 0.905. The molecule has 1 aromatic rings. The average Bonchev–Trinajstić information content (AvgIpc) is 2.62. The fourth-order valence-electron chi connectivity index (χ4n) is 3.24. The van der Waals surface area contributed by atoms with Crippen LogP contribution in [0, 0.1) is 18.3 Å². The maximum atomic E-state index is 12.4. The molecular weight excluding hydrogens is 286 g/mol. The molecule has 1 fully saturated rings. The number of carbonyl (C=O) groups excluding carboxylic acids is 1. The SMILES string of the molecule is Cc1nn(C)c(C(=O)NC2CCC(C(C)(C)C)CC2)c1Cl. The van der Waals surface area contributed by atoms with E-state index in [1.165, 1.54) is 12.8 Å². The number of carbonyl (C=O) groups is 1. The number of rotatable bonds is 2. The first kappa shape index (κ1) is 16.3. The van der Waals surface area contributed by atoms with Gasteiger partial charge in [0.15, 0.2) is 0 Å². The van der Waals surface area contributed by atoms with Crippen LogP contribution < -0.4 is 5.32 Å². The van der Waals surface area contributed by atoms with Gasteiger partial charge in [0.25, 0.3) is 5.91 Å². The van der Waals surface area contributed by atoms with Crippen LogP contribution in [0.25, 0.3) is 0 Å². The van der Waals surface area contributed by atoms with Gasteiger partial charge in [-0.1, -0.05) is 32.4 Å². The lowest BCUT2D eigenvalue weighted by Crippen LogP contribution is -2.40. The molecule has 21 heavy (non-hydrogen) atoms. The summed E-state index contributed by atoms with van der Waals surface area (Å²) in [6.45, 7) is 8.71. The summed E-state index contributed by atoms with van der Waals surface area (Å²) in [6, 6.07) is 0.252. The van der Waals surface area contributed by atoms with Gasteiger partial charge < -0.3 is 5.32 Å². The second-order valence-electron chi connectivity index (χ2n) is 7.26. The molecule has 4 nitrogen and oxygen atoms in total. The molecule has 2 rings (SSSR count). The Labute approximate surface area is 132 Å². The van der Waals surface area contributed by atoms with Crippen molar-refractivity contribution in [3.63, 3.8) is 0 Å². The maximum Gasteiger partial charge on any atom is 0.271 e. The number of halogens is 1. The second-order valence-corrected chi connectivity index (χ2v) is 7.64. The van der Waals surface area contributed by atoms with Crippen molar-refractivity contribution in [2.75, 3.05) is 0 Å². The summed E-state index contributed by atoms with van der Waals surface area (Å²) in [6.07, 6.45) is 4.43. The molecule has 1 amide bonds. The van der Waals surface area contributed by atoms with Crippen LogP contribution in [-0.4, -0.2) is 21.7 Å². The highest BCUT2D eigenvalue weighted by Gasteiger charge is 2.31. The van der Waals surface area contributed by atoms with Gasteiger partial charge in [0.1, 0.15) is 5.69 Å². The standard InChI is InChI=1S/C16H26ClN3O/c1-10-13(17)14(20(5)19-10)15(21)18-12-8-6-11(7-9-12)16(2,3)4/h11-12H,6-9H2,1-5H3,(H,18,21). The molecule has 0 radical (unpaired) electrons. The van der Waals surface area contributed by atoms with E-state index >= 15 is 0 Å². The minimum Gasteiger partial charge on any atom is -0.348 e. The summed E-state index contributed by atoms with van der Waals surface area (Å²) in [5.74, 6) is 0.635. The third-order valence-electron chi connectivity index (χ3n) is 4.65. The molecule has 0 unspecified atom stereocenters. The Kier molecular flexibility index (Phi) is 4.66. The van der Waals surface area contributed by atoms with Crippen LogP contribution in [0.2, 0.25) is 5.02 Å². The van der Waals surface area contributed by atoms with Gasteiger partial charge in [0.05, 0.1) is 10.7 Å². The molecule has 1 aliphatic rings. The van der Waals surface area contributed by atoms with E-state index in [1.807, 2.05) is 6.92 Å². The van der Waals surface area contributed by atoms with Crippen LogP contribution in [0.4, 0.5) is 0 Å². The van der Waals surface area contributed by atoms with Gasteiger partial charge >= 0.3 is 0 Å². The lowest BCUT2D eigenvalue weighted by atomic mass is 9.71. The van der Waals surface area contributed by atoms with Gasteiger partial charge in [-0.15, -0.1) is 0 Å². The van der Waals surface area contributed by atoms with E-state index in [0.717, 1.165) is 18.8 Å². The normalized spacial score (nSPS) is 23.1. The molecule has 5 heteroatoms. The van der Waals surface area contributed by atoms with Crippen LogP contribution in [0.3, 0.4) is 0 Å². The van der Waals surface area contributed by atoms with Crippen molar-refractivity contribution in [2.45, 2.75) is 59.4 Å². The highest BCUT2D eigenvalue weighted by Crippen LogP contribution is 2.37. The molecule has 0 aromatic carbocycles. The highest BCUT2D eigenvalue weighted by atomic mass is 35.5. The molecule has 0 saturated heterocycles. The Morgan fingerprint density at radius 1 is 1.29 bits per heavy atom. The largest absolute Gasteiger partial charge is 0.348 e. The van der Waals surface area contributed by atoms with Gasteiger partial charge in [-0.25, -0.2) is 0 Å². The highest BCUT2D eigenvalue weighted by molar-refractivity contribution is 6.34. The Hall–Kier alpha value is -1.03. The fraction of sp³-hybridized carbons (Fsp3) is 0.750. The predicted molar refractivity (Wildman–Crippen MR) is 85.6 cm³/mol. The first-order valence-electron chi connectivity index (χ1n) is 7.70.